The number of hydrogen-bond donors (Lipinski definition) is 1. The average Bonchev–Trinajstić information content (AvgIpc) is 2.97. The fourth-order valence-corrected chi connectivity index (χ4v) is 2.81. The van der Waals surface area contributed by atoms with Crippen LogP contribution in [0.2, 0.25) is 0 Å². The lowest BCUT2D eigenvalue weighted by Gasteiger charge is -2.34. The number of nitrogens with two attached hydrogens (primary N) is 1. The fourth-order valence-electron chi connectivity index (χ4n) is 2.81. The normalized spacial score (nSPS) is 15.6. The number of aromatic nitrogens is 2. The standard InChI is InChI=1S/C16H23N5O.2ClH/c1-13-3-2-4-14(9-13)11-20-5-7-21(8-6-20)12-15-18-16(10-17)22-19-15;;/h2-4,9H,5-8,10-12,17H2,1H3;2*1H. The first-order valence-corrected chi connectivity index (χ1v) is 7.75. The molecule has 1 aliphatic rings. The molecule has 0 saturated carbocycles. The van der Waals surface area contributed by atoms with E-state index < -0.39 is 0 Å². The molecule has 2 heterocycles. The Hall–Kier alpha value is -1.18. The van der Waals surface area contributed by atoms with Gasteiger partial charge in [-0.3, -0.25) is 9.80 Å². The van der Waals surface area contributed by atoms with E-state index in [9.17, 15) is 0 Å². The SMILES string of the molecule is Cc1cccc(CN2CCN(Cc3noc(CN)n3)CC2)c1.Cl.Cl. The van der Waals surface area contributed by atoms with Gasteiger partial charge >= 0.3 is 0 Å². The Labute approximate surface area is 155 Å². The van der Waals surface area contributed by atoms with Crippen LogP contribution in [0.15, 0.2) is 28.8 Å². The van der Waals surface area contributed by atoms with Crippen LogP contribution in [0.5, 0.6) is 0 Å². The lowest BCUT2D eigenvalue weighted by atomic mass is 10.1. The van der Waals surface area contributed by atoms with Crippen molar-refractivity contribution in [3.05, 3.63) is 47.1 Å². The summed E-state index contributed by atoms with van der Waals surface area (Å²) in [5, 5.41) is 3.96. The molecule has 0 spiro atoms. The smallest absolute Gasteiger partial charge is 0.240 e. The first-order chi connectivity index (χ1) is 10.7. The molecule has 1 fully saturated rings. The zero-order valence-corrected chi connectivity index (χ0v) is 15.5. The molecular formula is C16H25Cl2N5O. The van der Waals surface area contributed by atoms with E-state index in [0.717, 1.165) is 45.1 Å². The van der Waals surface area contributed by atoms with Gasteiger partial charge in [-0.1, -0.05) is 35.0 Å². The zero-order chi connectivity index (χ0) is 15.4. The highest BCUT2D eigenvalue weighted by Crippen LogP contribution is 2.11. The molecular weight excluding hydrogens is 349 g/mol. The second-order valence-electron chi connectivity index (χ2n) is 5.85. The van der Waals surface area contributed by atoms with Crippen molar-refractivity contribution in [3.63, 3.8) is 0 Å². The molecule has 0 radical (unpaired) electrons. The summed E-state index contributed by atoms with van der Waals surface area (Å²) in [6.07, 6.45) is 0. The van der Waals surface area contributed by atoms with Crippen LogP contribution < -0.4 is 5.73 Å². The summed E-state index contributed by atoms with van der Waals surface area (Å²) >= 11 is 0. The van der Waals surface area contributed by atoms with Crippen molar-refractivity contribution in [2.45, 2.75) is 26.6 Å². The Morgan fingerprint density at radius 2 is 1.75 bits per heavy atom. The van der Waals surface area contributed by atoms with Crippen molar-refractivity contribution in [2.24, 2.45) is 5.73 Å². The van der Waals surface area contributed by atoms with Crippen LogP contribution in [0.4, 0.5) is 0 Å². The minimum absolute atomic E-state index is 0. The number of benzene rings is 1. The maximum absolute atomic E-state index is 5.48. The van der Waals surface area contributed by atoms with Crippen molar-refractivity contribution < 1.29 is 4.52 Å². The predicted molar refractivity (Wildman–Crippen MR) is 98.4 cm³/mol. The molecule has 1 saturated heterocycles. The van der Waals surface area contributed by atoms with Gasteiger partial charge in [-0.05, 0) is 12.5 Å². The third-order valence-corrected chi connectivity index (χ3v) is 4.00. The molecule has 1 aromatic carbocycles. The molecule has 0 amide bonds. The van der Waals surface area contributed by atoms with Crippen LogP contribution in [0.3, 0.4) is 0 Å². The monoisotopic (exact) mass is 373 g/mol. The van der Waals surface area contributed by atoms with Crippen LogP contribution in [0.1, 0.15) is 22.8 Å². The molecule has 2 N–H and O–H groups in total. The molecule has 8 heteroatoms. The van der Waals surface area contributed by atoms with Crippen molar-refractivity contribution in [1.82, 2.24) is 19.9 Å². The first kappa shape index (κ1) is 20.9. The molecule has 24 heavy (non-hydrogen) atoms. The van der Waals surface area contributed by atoms with Gasteiger partial charge in [-0.15, -0.1) is 24.8 Å². The third kappa shape index (κ3) is 5.72. The molecule has 0 aliphatic carbocycles. The predicted octanol–water partition coefficient (Wildman–Crippen LogP) is 2.00. The van der Waals surface area contributed by atoms with Gasteiger partial charge in [0.25, 0.3) is 0 Å². The molecule has 6 nitrogen and oxygen atoms in total. The van der Waals surface area contributed by atoms with Gasteiger partial charge in [0.05, 0.1) is 13.1 Å². The molecule has 0 bridgehead atoms. The fraction of sp³-hybridized carbons (Fsp3) is 0.500. The number of piperazine rings is 1. The van der Waals surface area contributed by atoms with E-state index in [1.54, 1.807) is 0 Å². The van der Waals surface area contributed by atoms with Gasteiger partial charge in [0.2, 0.25) is 5.89 Å². The molecule has 3 rings (SSSR count). The second-order valence-corrected chi connectivity index (χ2v) is 5.85. The Morgan fingerprint density at radius 1 is 1.08 bits per heavy atom. The number of aryl methyl sites for hydroxylation is 1. The second kappa shape index (κ2) is 9.96. The van der Waals surface area contributed by atoms with Crippen LogP contribution in [-0.2, 0) is 19.6 Å². The van der Waals surface area contributed by atoms with E-state index in [1.807, 2.05) is 0 Å². The average molecular weight is 374 g/mol. The lowest BCUT2D eigenvalue weighted by molar-refractivity contribution is 0.119. The largest absolute Gasteiger partial charge is 0.338 e. The highest BCUT2D eigenvalue weighted by molar-refractivity contribution is 5.85. The molecule has 2 aromatic rings. The van der Waals surface area contributed by atoms with Crippen molar-refractivity contribution >= 4 is 24.8 Å². The maximum Gasteiger partial charge on any atom is 0.240 e. The van der Waals surface area contributed by atoms with E-state index in [0.29, 0.717) is 12.4 Å². The Morgan fingerprint density at radius 3 is 2.33 bits per heavy atom. The zero-order valence-electron chi connectivity index (χ0n) is 13.9. The topological polar surface area (TPSA) is 71.4 Å². The maximum atomic E-state index is 5.48. The Kier molecular flexibility index (Phi) is 8.66. The van der Waals surface area contributed by atoms with E-state index in [-0.39, 0.29) is 24.8 Å². The molecule has 0 unspecified atom stereocenters. The number of nitrogens with zero attached hydrogens (tertiary/aromatic N) is 4. The minimum Gasteiger partial charge on any atom is -0.338 e. The summed E-state index contributed by atoms with van der Waals surface area (Å²) in [4.78, 5) is 9.11. The van der Waals surface area contributed by atoms with Crippen molar-refractivity contribution in [1.29, 1.82) is 0 Å². The van der Waals surface area contributed by atoms with Crippen molar-refractivity contribution in [3.8, 4) is 0 Å². The minimum atomic E-state index is 0. The highest BCUT2D eigenvalue weighted by Gasteiger charge is 2.18. The number of halogens is 2. The van der Waals surface area contributed by atoms with Gasteiger partial charge < -0.3 is 10.3 Å². The number of rotatable bonds is 5. The Bertz CT molecular complexity index is 614. The molecule has 1 aliphatic heterocycles. The van der Waals surface area contributed by atoms with Crippen LogP contribution >= 0.6 is 24.8 Å². The molecule has 1 aromatic heterocycles. The summed E-state index contributed by atoms with van der Waals surface area (Å²) in [6, 6.07) is 8.74. The van der Waals surface area contributed by atoms with Gasteiger partial charge in [0.15, 0.2) is 5.82 Å². The summed E-state index contributed by atoms with van der Waals surface area (Å²) < 4.78 is 5.04. The summed E-state index contributed by atoms with van der Waals surface area (Å²) in [6.45, 7) is 8.39. The van der Waals surface area contributed by atoms with Crippen LogP contribution in [0, 0.1) is 6.92 Å². The quantitative estimate of drug-likeness (QED) is 0.863. The van der Waals surface area contributed by atoms with E-state index >= 15 is 0 Å². The van der Waals surface area contributed by atoms with Gasteiger partial charge in [-0.2, -0.15) is 4.98 Å². The lowest BCUT2D eigenvalue weighted by Crippen LogP contribution is -2.45. The van der Waals surface area contributed by atoms with Gasteiger partial charge in [0, 0.05) is 32.7 Å². The summed E-state index contributed by atoms with van der Waals surface area (Å²) in [5.74, 6) is 1.24. The summed E-state index contributed by atoms with van der Waals surface area (Å²) in [5.41, 5.74) is 8.19. The Balaban J connectivity index is 0.00000144. The highest BCUT2D eigenvalue weighted by atomic mass is 35.5. The van der Waals surface area contributed by atoms with Crippen LogP contribution in [-0.4, -0.2) is 46.1 Å². The first-order valence-electron chi connectivity index (χ1n) is 7.75. The van der Waals surface area contributed by atoms with Gasteiger partial charge in [-0.25, -0.2) is 0 Å². The van der Waals surface area contributed by atoms with Gasteiger partial charge in [0.1, 0.15) is 0 Å². The van der Waals surface area contributed by atoms with E-state index in [4.69, 9.17) is 10.3 Å². The third-order valence-electron chi connectivity index (χ3n) is 4.00. The van der Waals surface area contributed by atoms with Crippen molar-refractivity contribution in [2.75, 3.05) is 26.2 Å². The van der Waals surface area contributed by atoms with E-state index in [1.165, 1.54) is 11.1 Å². The number of hydrogen-bond acceptors (Lipinski definition) is 6. The van der Waals surface area contributed by atoms with E-state index in [2.05, 4.69) is 51.1 Å². The molecule has 0 atom stereocenters. The summed E-state index contributed by atoms with van der Waals surface area (Å²) in [7, 11) is 0. The van der Waals surface area contributed by atoms with Crippen LogP contribution in [0.25, 0.3) is 0 Å². The molecule has 134 valence electrons.